The maximum atomic E-state index is 12.6. The van der Waals surface area contributed by atoms with Crippen LogP contribution in [0.4, 0.5) is 0 Å². The first-order valence-corrected chi connectivity index (χ1v) is 9.05. The Morgan fingerprint density at radius 1 is 1.45 bits per heavy atom. The third kappa shape index (κ3) is 3.54. The van der Waals surface area contributed by atoms with Gasteiger partial charge in [0.15, 0.2) is 0 Å². The average Bonchev–Trinajstić information content (AvgIpc) is 2.38. The molecule has 3 nitrogen and oxygen atoms in total. The summed E-state index contributed by atoms with van der Waals surface area (Å²) in [6, 6.07) is 6.97. The molecule has 1 aliphatic rings. The highest BCUT2D eigenvalue weighted by Gasteiger charge is 2.38. The summed E-state index contributed by atoms with van der Waals surface area (Å²) in [4.78, 5) is 0.320. The third-order valence-corrected chi connectivity index (χ3v) is 6.09. The summed E-state index contributed by atoms with van der Waals surface area (Å²) >= 11 is 6.10. The monoisotopic (exact) mass is 315 g/mol. The molecule has 0 saturated heterocycles. The summed E-state index contributed by atoms with van der Waals surface area (Å²) in [6.45, 7) is 4.04. The van der Waals surface area contributed by atoms with Crippen LogP contribution in [0, 0.1) is 12.8 Å². The molecule has 2 atom stereocenters. The van der Waals surface area contributed by atoms with Gasteiger partial charge in [0.1, 0.15) is 0 Å². The number of nitrogens with one attached hydrogen (secondary N) is 1. The van der Waals surface area contributed by atoms with Crippen molar-refractivity contribution in [1.82, 2.24) is 4.72 Å². The number of alkyl halides is 1. The molecule has 2 unspecified atom stereocenters. The van der Waals surface area contributed by atoms with E-state index >= 15 is 0 Å². The summed E-state index contributed by atoms with van der Waals surface area (Å²) in [5, 5.41) is 0. The highest BCUT2D eigenvalue weighted by atomic mass is 35.5. The van der Waals surface area contributed by atoms with Gasteiger partial charge in [-0.25, -0.2) is 13.1 Å². The number of halogens is 1. The van der Waals surface area contributed by atoms with Crippen molar-refractivity contribution < 1.29 is 8.42 Å². The summed E-state index contributed by atoms with van der Waals surface area (Å²) in [5.74, 6) is 0.824. The highest BCUT2D eigenvalue weighted by molar-refractivity contribution is 7.89. The standard InChI is InChI=1S/C15H22ClNO2S/c1-12-5-3-7-14(9-12)20(18,19)17-15(11-16)8-4-6-13(2)10-15/h3,5,7,9,13,17H,4,6,8,10-11H2,1-2H3. The van der Waals surface area contributed by atoms with Gasteiger partial charge in [-0.15, -0.1) is 11.6 Å². The van der Waals surface area contributed by atoms with E-state index in [2.05, 4.69) is 11.6 Å². The van der Waals surface area contributed by atoms with Gasteiger partial charge >= 0.3 is 0 Å². The minimum absolute atomic E-state index is 0.320. The number of hydrogen-bond acceptors (Lipinski definition) is 2. The zero-order valence-corrected chi connectivity index (χ0v) is 13.6. The molecule has 1 aromatic rings. The SMILES string of the molecule is Cc1cccc(S(=O)(=O)NC2(CCl)CCCC(C)C2)c1. The smallest absolute Gasteiger partial charge is 0.207 e. The predicted molar refractivity (Wildman–Crippen MR) is 82.6 cm³/mol. The fraction of sp³-hybridized carbons (Fsp3) is 0.600. The molecule has 20 heavy (non-hydrogen) atoms. The molecular formula is C15H22ClNO2S. The van der Waals surface area contributed by atoms with Crippen LogP contribution in [0.25, 0.3) is 0 Å². The van der Waals surface area contributed by atoms with Crippen LogP contribution in [0.1, 0.15) is 38.2 Å². The first-order valence-electron chi connectivity index (χ1n) is 7.03. The summed E-state index contributed by atoms with van der Waals surface area (Å²) in [6.07, 6.45) is 3.78. The minimum atomic E-state index is -3.51. The van der Waals surface area contributed by atoms with Gasteiger partial charge in [0.2, 0.25) is 10.0 Å². The van der Waals surface area contributed by atoms with Gasteiger partial charge in [0, 0.05) is 11.4 Å². The second kappa shape index (κ2) is 6.04. The van der Waals surface area contributed by atoms with Gasteiger partial charge in [0.05, 0.1) is 4.90 Å². The third-order valence-electron chi connectivity index (χ3n) is 4.00. The predicted octanol–water partition coefficient (Wildman–Crippen LogP) is 3.46. The quantitative estimate of drug-likeness (QED) is 0.865. The first-order chi connectivity index (χ1) is 9.37. The first kappa shape index (κ1) is 15.8. The molecular weight excluding hydrogens is 294 g/mol. The molecule has 1 aromatic carbocycles. The molecule has 1 aliphatic carbocycles. The van der Waals surface area contributed by atoms with Crippen LogP contribution >= 0.6 is 11.6 Å². The molecule has 1 fully saturated rings. The summed E-state index contributed by atoms with van der Waals surface area (Å²) in [5.41, 5.74) is 0.437. The topological polar surface area (TPSA) is 46.2 Å². The van der Waals surface area contributed by atoms with Crippen LogP contribution < -0.4 is 4.72 Å². The highest BCUT2D eigenvalue weighted by Crippen LogP contribution is 2.34. The van der Waals surface area contributed by atoms with E-state index in [-0.39, 0.29) is 0 Å². The molecule has 0 spiro atoms. The lowest BCUT2D eigenvalue weighted by Gasteiger charge is -2.39. The second-order valence-electron chi connectivity index (χ2n) is 6.04. The molecule has 0 amide bonds. The lowest BCUT2D eigenvalue weighted by molar-refractivity contribution is 0.239. The van der Waals surface area contributed by atoms with Gasteiger partial charge in [-0.1, -0.05) is 31.9 Å². The van der Waals surface area contributed by atoms with Gasteiger partial charge < -0.3 is 0 Å². The normalized spacial score (nSPS) is 27.4. The molecule has 0 aliphatic heterocycles. The Bertz CT molecular complexity index is 573. The van der Waals surface area contributed by atoms with Crippen molar-refractivity contribution in [3.05, 3.63) is 29.8 Å². The lowest BCUT2D eigenvalue weighted by atomic mass is 9.78. The van der Waals surface area contributed by atoms with E-state index in [1.807, 2.05) is 13.0 Å². The van der Waals surface area contributed by atoms with Crippen molar-refractivity contribution in [2.45, 2.75) is 50.0 Å². The summed E-state index contributed by atoms with van der Waals surface area (Å²) in [7, 11) is -3.51. The molecule has 1 N–H and O–H groups in total. The van der Waals surface area contributed by atoms with Crippen molar-refractivity contribution >= 4 is 21.6 Å². The molecule has 0 aromatic heterocycles. The van der Waals surface area contributed by atoms with E-state index in [1.54, 1.807) is 18.2 Å². The maximum absolute atomic E-state index is 12.6. The zero-order valence-electron chi connectivity index (χ0n) is 12.0. The molecule has 0 radical (unpaired) electrons. The Balaban J connectivity index is 2.26. The largest absolute Gasteiger partial charge is 0.241 e. The van der Waals surface area contributed by atoms with Crippen LogP contribution in [-0.4, -0.2) is 19.8 Å². The van der Waals surface area contributed by atoms with Crippen molar-refractivity contribution in [3.63, 3.8) is 0 Å². The number of sulfonamides is 1. The van der Waals surface area contributed by atoms with E-state index in [4.69, 9.17) is 11.6 Å². The molecule has 0 heterocycles. The second-order valence-corrected chi connectivity index (χ2v) is 7.99. The number of benzene rings is 1. The van der Waals surface area contributed by atoms with Crippen molar-refractivity contribution in [2.24, 2.45) is 5.92 Å². The van der Waals surface area contributed by atoms with Crippen LogP contribution in [0.2, 0.25) is 0 Å². The minimum Gasteiger partial charge on any atom is -0.207 e. The van der Waals surface area contributed by atoms with Gasteiger partial charge in [-0.2, -0.15) is 0 Å². The van der Waals surface area contributed by atoms with Crippen LogP contribution in [-0.2, 0) is 10.0 Å². The number of rotatable bonds is 4. The Morgan fingerprint density at radius 2 is 2.20 bits per heavy atom. The lowest BCUT2D eigenvalue weighted by Crippen LogP contribution is -2.52. The number of aryl methyl sites for hydroxylation is 1. The van der Waals surface area contributed by atoms with Gasteiger partial charge in [-0.3, -0.25) is 0 Å². The Morgan fingerprint density at radius 3 is 2.80 bits per heavy atom. The molecule has 1 saturated carbocycles. The number of hydrogen-bond donors (Lipinski definition) is 1. The van der Waals surface area contributed by atoms with Crippen molar-refractivity contribution in [2.75, 3.05) is 5.88 Å². The van der Waals surface area contributed by atoms with Crippen LogP contribution in [0.3, 0.4) is 0 Å². The molecule has 0 bridgehead atoms. The van der Waals surface area contributed by atoms with Gasteiger partial charge in [-0.05, 0) is 43.4 Å². The Kier molecular flexibility index (Phi) is 4.77. The van der Waals surface area contributed by atoms with Gasteiger partial charge in [0.25, 0.3) is 0 Å². The average molecular weight is 316 g/mol. The van der Waals surface area contributed by atoms with E-state index < -0.39 is 15.6 Å². The molecule has 5 heteroatoms. The fourth-order valence-corrected chi connectivity index (χ4v) is 4.96. The van der Waals surface area contributed by atoms with E-state index in [0.29, 0.717) is 16.7 Å². The summed E-state index contributed by atoms with van der Waals surface area (Å²) < 4.78 is 28.0. The fourth-order valence-electron chi connectivity index (χ4n) is 3.03. The Labute approximate surface area is 126 Å². The van der Waals surface area contributed by atoms with Crippen molar-refractivity contribution in [3.8, 4) is 0 Å². The van der Waals surface area contributed by atoms with E-state index in [9.17, 15) is 8.42 Å². The van der Waals surface area contributed by atoms with E-state index in [1.165, 1.54) is 0 Å². The zero-order chi connectivity index (χ0) is 14.8. The Hall–Kier alpha value is -0.580. The molecule has 112 valence electrons. The van der Waals surface area contributed by atoms with E-state index in [0.717, 1.165) is 31.2 Å². The van der Waals surface area contributed by atoms with Crippen molar-refractivity contribution in [1.29, 1.82) is 0 Å². The van der Waals surface area contributed by atoms with Crippen LogP contribution in [0.15, 0.2) is 29.2 Å². The molecule has 2 rings (SSSR count). The maximum Gasteiger partial charge on any atom is 0.241 e. The van der Waals surface area contributed by atoms with Crippen LogP contribution in [0.5, 0.6) is 0 Å².